The molecular weight excluding hydrogens is 260 g/mol. The predicted octanol–water partition coefficient (Wildman–Crippen LogP) is 3.39. The average Bonchev–Trinajstić information content (AvgIpc) is 2.51. The molecule has 21 heavy (non-hydrogen) atoms. The number of aryl methyl sites for hydroxylation is 1. The molecular formula is C18H32N2O. The first-order chi connectivity index (χ1) is 10.2. The summed E-state index contributed by atoms with van der Waals surface area (Å²) >= 11 is 0. The van der Waals surface area contributed by atoms with Crippen LogP contribution in [0.2, 0.25) is 0 Å². The third-order valence-corrected chi connectivity index (χ3v) is 3.91. The maximum Gasteiger partial charge on any atom is 0.0589 e. The quantitative estimate of drug-likeness (QED) is 0.676. The van der Waals surface area contributed by atoms with Gasteiger partial charge < -0.3 is 15.0 Å². The molecule has 120 valence electrons. The zero-order valence-corrected chi connectivity index (χ0v) is 14.2. The SMILES string of the molecule is CCCNC(CCN(CC)CCOC)c1ccc(C)cc1. The fraction of sp³-hybridized carbons (Fsp3) is 0.667. The first kappa shape index (κ1) is 18.1. The monoisotopic (exact) mass is 292 g/mol. The minimum atomic E-state index is 0.446. The van der Waals surface area contributed by atoms with Gasteiger partial charge in [-0.05, 0) is 38.4 Å². The van der Waals surface area contributed by atoms with Crippen molar-refractivity contribution in [2.75, 3.05) is 39.9 Å². The summed E-state index contributed by atoms with van der Waals surface area (Å²) in [6.45, 7) is 11.7. The molecule has 1 rings (SSSR count). The summed E-state index contributed by atoms with van der Waals surface area (Å²) in [6, 6.07) is 9.38. The summed E-state index contributed by atoms with van der Waals surface area (Å²) in [4.78, 5) is 2.46. The van der Waals surface area contributed by atoms with Gasteiger partial charge in [-0.3, -0.25) is 0 Å². The van der Waals surface area contributed by atoms with Crippen LogP contribution in [0.4, 0.5) is 0 Å². The van der Waals surface area contributed by atoms with Crippen LogP contribution in [0.5, 0.6) is 0 Å². The van der Waals surface area contributed by atoms with Gasteiger partial charge in [0.05, 0.1) is 6.61 Å². The Labute approximate surface area is 130 Å². The zero-order chi connectivity index (χ0) is 15.5. The van der Waals surface area contributed by atoms with E-state index in [1.807, 2.05) is 0 Å². The smallest absolute Gasteiger partial charge is 0.0589 e. The highest BCUT2D eigenvalue weighted by Gasteiger charge is 2.12. The molecule has 0 saturated carbocycles. The van der Waals surface area contributed by atoms with Crippen LogP contribution in [0.15, 0.2) is 24.3 Å². The van der Waals surface area contributed by atoms with E-state index in [0.29, 0.717) is 6.04 Å². The maximum atomic E-state index is 5.19. The van der Waals surface area contributed by atoms with Gasteiger partial charge in [-0.2, -0.15) is 0 Å². The Morgan fingerprint density at radius 3 is 2.43 bits per heavy atom. The highest BCUT2D eigenvalue weighted by atomic mass is 16.5. The lowest BCUT2D eigenvalue weighted by atomic mass is 10.0. The number of hydrogen-bond acceptors (Lipinski definition) is 3. The van der Waals surface area contributed by atoms with Crippen LogP contribution in [0.1, 0.15) is 43.9 Å². The summed E-state index contributed by atoms with van der Waals surface area (Å²) in [5.74, 6) is 0. The summed E-state index contributed by atoms with van der Waals surface area (Å²) in [5, 5.41) is 3.68. The Hall–Kier alpha value is -0.900. The minimum absolute atomic E-state index is 0.446. The molecule has 1 aromatic rings. The molecule has 1 aromatic carbocycles. The van der Waals surface area contributed by atoms with Crippen molar-refractivity contribution in [1.82, 2.24) is 10.2 Å². The van der Waals surface area contributed by atoms with Gasteiger partial charge in [0.15, 0.2) is 0 Å². The Bertz CT molecular complexity index is 364. The molecule has 0 bridgehead atoms. The van der Waals surface area contributed by atoms with E-state index in [9.17, 15) is 0 Å². The summed E-state index contributed by atoms with van der Waals surface area (Å²) in [5.41, 5.74) is 2.72. The van der Waals surface area contributed by atoms with Gasteiger partial charge in [-0.15, -0.1) is 0 Å². The van der Waals surface area contributed by atoms with E-state index < -0.39 is 0 Å². The molecule has 3 heteroatoms. The van der Waals surface area contributed by atoms with Crippen LogP contribution in [0.3, 0.4) is 0 Å². The Kier molecular flexibility index (Phi) is 9.31. The molecule has 1 N–H and O–H groups in total. The van der Waals surface area contributed by atoms with Gasteiger partial charge in [-0.1, -0.05) is 43.7 Å². The number of ether oxygens (including phenoxy) is 1. The highest BCUT2D eigenvalue weighted by molar-refractivity contribution is 5.24. The highest BCUT2D eigenvalue weighted by Crippen LogP contribution is 2.18. The van der Waals surface area contributed by atoms with E-state index in [0.717, 1.165) is 39.2 Å². The second-order valence-electron chi connectivity index (χ2n) is 5.63. The van der Waals surface area contributed by atoms with Crippen molar-refractivity contribution < 1.29 is 4.74 Å². The molecule has 0 spiro atoms. The van der Waals surface area contributed by atoms with Gasteiger partial charge >= 0.3 is 0 Å². The van der Waals surface area contributed by atoms with Crippen molar-refractivity contribution in [2.24, 2.45) is 0 Å². The largest absolute Gasteiger partial charge is 0.383 e. The van der Waals surface area contributed by atoms with Crippen molar-refractivity contribution in [1.29, 1.82) is 0 Å². The molecule has 0 aliphatic heterocycles. The molecule has 0 aromatic heterocycles. The van der Waals surface area contributed by atoms with E-state index in [1.165, 1.54) is 17.5 Å². The van der Waals surface area contributed by atoms with E-state index in [2.05, 4.69) is 55.3 Å². The van der Waals surface area contributed by atoms with Crippen LogP contribution in [-0.2, 0) is 4.74 Å². The molecule has 0 saturated heterocycles. The van der Waals surface area contributed by atoms with Gasteiger partial charge in [0, 0.05) is 26.2 Å². The van der Waals surface area contributed by atoms with Crippen LogP contribution in [-0.4, -0.2) is 44.8 Å². The molecule has 3 nitrogen and oxygen atoms in total. The molecule has 1 atom stereocenters. The molecule has 0 aliphatic carbocycles. The lowest BCUT2D eigenvalue weighted by Crippen LogP contribution is -2.32. The topological polar surface area (TPSA) is 24.5 Å². The second-order valence-corrected chi connectivity index (χ2v) is 5.63. The molecule has 0 fully saturated rings. The van der Waals surface area contributed by atoms with Gasteiger partial charge in [0.2, 0.25) is 0 Å². The first-order valence-electron chi connectivity index (χ1n) is 8.22. The number of benzene rings is 1. The van der Waals surface area contributed by atoms with E-state index in [1.54, 1.807) is 7.11 Å². The first-order valence-corrected chi connectivity index (χ1v) is 8.22. The predicted molar refractivity (Wildman–Crippen MR) is 90.8 cm³/mol. The fourth-order valence-electron chi connectivity index (χ4n) is 2.46. The number of nitrogens with zero attached hydrogens (tertiary/aromatic N) is 1. The van der Waals surface area contributed by atoms with Crippen molar-refractivity contribution in [3.8, 4) is 0 Å². The van der Waals surface area contributed by atoms with Gasteiger partial charge in [0.1, 0.15) is 0 Å². The fourth-order valence-corrected chi connectivity index (χ4v) is 2.46. The summed E-state index contributed by atoms with van der Waals surface area (Å²) in [6.07, 6.45) is 2.31. The Morgan fingerprint density at radius 1 is 1.14 bits per heavy atom. The minimum Gasteiger partial charge on any atom is -0.383 e. The van der Waals surface area contributed by atoms with Crippen LogP contribution in [0.25, 0.3) is 0 Å². The maximum absolute atomic E-state index is 5.19. The lowest BCUT2D eigenvalue weighted by molar-refractivity contribution is 0.148. The lowest BCUT2D eigenvalue weighted by Gasteiger charge is -2.25. The standard InChI is InChI=1S/C18H32N2O/c1-5-12-19-18(17-9-7-16(3)8-10-17)11-13-20(6-2)14-15-21-4/h7-10,18-19H,5-6,11-15H2,1-4H3. The van der Waals surface area contributed by atoms with Gasteiger partial charge in [-0.25, -0.2) is 0 Å². The zero-order valence-electron chi connectivity index (χ0n) is 14.2. The van der Waals surface area contributed by atoms with E-state index in [4.69, 9.17) is 4.74 Å². The third kappa shape index (κ3) is 7.07. The number of likely N-dealkylation sites (N-methyl/N-ethyl adjacent to an activating group) is 1. The van der Waals surface area contributed by atoms with Crippen molar-refractivity contribution >= 4 is 0 Å². The van der Waals surface area contributed by atoms with Crippen LogP contribution >= 0.6 is 0 Å². The van der Waals surface area contributed by atoms with E-state index >= 15 is 0 Å². The van der Waals surface area contributed by atoms with Crippen LogP contribution < -0.4 is 5.32 Å². The molecule has 0 heterocycles. The molecule has 1 unspecified atom stereocenters. The molecule has 0 aliphatic rings. The average molecular weight is 292 g/mol. The summed E-state index contributed by atoms with van der Waals surface area (Å²) in [7, 11) is 1.77. The third-order valence-electron chi connectivity index (χ3n) is 3.91. The van der Waals surface area contributed by atoms with Crippen LogP contribution in [0, 0.1) is 6.92 Å². The Morgan fingerprint density at radius 2 is 1.86 bits per heavy atom. The number of nitrogens with one attached hydrogen (secondary N) is 1. The second kappa shape index (κ2) is 10.8. The normalized spacial score (nSPS) is 12.8. The van der Waals surface area contributed by atoms with E-state index in [-0.39, 0.29) is 0 Å². The Balaban J connectivity index is 2.58. The van der Waals surface area contributed by atoms with Crippen molar-refractivity contribution in [3.63, 3.8) is 0 Å². The number of hydrogen-bond donors (Lipinski definition) is 1. The summed E-state index contributed by atoms with van der Waals surface area (Å²) < 4.78 is 5.19. The molecule has 0 radical (unpaired) electrons. The van der Waals surface area contributed by atoms with Gasteiger partial charge in [0.25, 0.3) is 0 Å². The van der Waals surface area contributed by atoms with Crippen molar-refractivity contribution in [3.05, 3.63) is 35.4 Å². The van der Waals surface area contributed by atoms with Crippen molar-refractivity contribution in [2.45, 2.75) is 39.7 Å². The molecule has 0 amide bonds. The number of rotatable bonds is 11. The number of methoxy groups -OCH3 is 1.